The van der Waals surface area contributed by atoms with Gasteiger partial charge in [-0.1, -0.05) is 27.7 Å². The standard InChI is InChI=1S/C27H46O6/c1-14(5-8-21(29)15(2)25(32)33)18-6-7-19-24-20(13-23(31)27(18,19)4)26(3)10-9-17(28)11-16(26)12-22(24)30/h14-24,28-31H,5-13H2,1-4H3,(H,32,33)/p-1/t14-,15?,16+,17-,18-,19+,20+,21?,22-,23+,24+,26+,27-/m1/s1. The van der Waals surface area contributed by atoms with Crippen molar-refractivity contribution < 1.29 is 30.3 Å². The van der Waals surface area contributed by atoms with Crippen molar-refractivity contribution in [2.45, 2.75) is 110 Å². The van der Waals surface area contributed by atoms with Crippen LogP contribution in [0.25, 0.3) is 0 Å². The topological polar surface area (TPSA) is 121 Å². The van der Waals surface area contributed by atoms with Crippen LogP contribution < -0.4 is 5.11 Å². The zero-order valence-electron chi connectivity index (χ0n) is 20.8. The van der Waals surface area contributed by atoms with Crippen molar-refractivity contribution in [1.29, 1.82) is 0 Å². The van der Waals surface area contributed by atoms with Gasteiger partial charge >= 0.3 is 0 Å². The highest BCUT2D eigenvalue weighted by Gasteiger charge is 2.65. The van der Waals surface area contributed by atoms with Gasteiger partial charge in [0.2, 0.25) is 0 Å². The zero-order valence-corrected chi connectivity index (χ0v) is 20.8. The molecule has 4 fully saturated rings. The van der Waals surface area contributed by atoms with Gasteiger partial charge in [-0.2, -0.15) is 0 Å². The van der Waals surface area contributed by atoms with Crippen LogP contribution in [0.5, 0.6) is 0 Å². The molecular weight excluding hydrogens is 420 g/mol. The minimum Gasteiger partial charge on any atom is -0.550 e. The van der Waals surface area contributed by atoms with E-state index in [-0.39, 0.29) is 52.6 Å². The molecule has 0 spiro atoms. The normalized spacial score (nSPS) is 49.9. The van der Waals surface area contributed by atoms with Gasteiger partial charge in [0.25, 0.3) is 0 Å². The van der Waals surface area contributed by atoms with E-state index in [9.17, 15) is 30.3 Å². The number of carbonyl (C=O) groups excluding carboxylic acids is 1. The molecule has 4 aliphatic carbocycles. The lowest BCUT2D eigenvalue weighted by atomic mass is 9.43. The fraction of sp³-hybridized carbons (Fsp3) is 0.963. The number of rotatable bonds is 6. The Morgan fingerprint density at radius 3 is 2.36 bits per heavy atom. The molecule has 4 saturated carbocycles. The van der Waals surface area contributed by atoms with Crippen LogP contribution in [0.2, 0.25) is 0 Å². The van der Waals surface area contributed by atoms with E-state index in [0.717, 1.165) is 38.5 Å². The Hall–Kier alpha value is -0.690. The number of carboxylic acids is 1. The van der Waals surface area contributed by atoms with Crippen LogP contribution in [-0.4, -0.2) is 50.8 Å². The Balaban J connectivity index is 1.52. The number of fused-ring (bicyclic) bond motifs is 5. The molecule has 0 radical (unpaired) electrons. The van der Waals surface area contributed by atoms with E-state index in [0.29, 0.717) is 25.2 Å². The van der Waals surface area contributed by atoms with Crippen LogP contribution in [0.4, 0.5) is 0 Å². The van der Waals surface area contributed by atoms with Crippen molar-refractivity contribution in [2.75, 3.05) is 0 Å². The van der Waals surface area contributed by atoms with E-state index in [2.05, 4.69) is 20.8 Å². The first-order valence-corrected chi connectivity index (χ1v) is 13.3. The van der Waals surface area contributed by atoms with Crippen molar-refractivity contribution in [2.24, 2.45) is 52.3 Å². The smallest absolute Gasteiger partial charge is 0.0617 e. The van der Waals surface area contributed by atoms with Crippen LogP contribution in [0.1, 0.15) is 85.5 Å². The quantitative estimate of drug-likeness (QED) is 0.477. The summed E-state index contributed by atoms with van der Waals surface area (Å²) in [5.74, 6) is -0.501. The van der Waals surface area contributed by atoms with Gasteiger partial charge in [0, 0.05) is 11.9 Å². The highest BCUT2D eigenvalue weighted by atomic mass is 16.4. The van der Waals surface area contributed by atoms with Crippen LogP contribution in [0, 0.1) is 52.3 Å². The summed E-state index contributed by atoms with van der Waals surface area (Å²) in [6.45, 7) is 8.23. The molecule has 4 N–H and O–H groups in total. The lowest BCUT2D eigenvalue weighted by molar-refractivity contribution is -0.313. The summed E-state index contributed by atoms with van der Waals surface area (Å²) >= 11 is 0. The maximum atomic E-state index is 11.6. The lowest BCUT2D eigenvalue weighted by Gasteiger charge is -2.63. The molecule has 0 aromatic heterocycles. The Morgan fingerprint density at radius 2 is 1.70 bits per heavy atom. The van der Waals surface area contributed by atoms with E-state index < -0.39 is 24.1 Å². The average Bonchev–Trinajstić information content (AvgIpc) is 3.11. The predicted octanol–water partition coefficient (Wildman–Crippen LogP) is 2.11. The number of aliphatic carboxylic acids is 1. The molecule has 2 unspecified atom stereocenters. The Labute approximate surface area is 198 Å². The van der Waals surface area contributed by atoms with Crippen molar-refractivity contribution in [3.63, 3.8) is 0 Å². The molecule has 0 amide bonds. The predicted molar refractivity (Wildman–Crippen MR) is 123 cm³/mol. The first-order chi connectivity index (χ1) is 15.4. The first kappa shape index (κ1) is 25.4. The molecule has 0 bridgehead atoms. The van der Waals surface area contributed by atoms with Gasteiger partial charge in [-0.25, -0.2) is 0 Å². The van der Waals surface area contributed by atoms with E-state index in [1.807, 2.05) is 0 Å². The molecule has 33 heavy (non-hydrogen) atoms. The summed E-state index contributed by atoms with van der Waals surface area (Å²) in [6, 6.07) is 0. The third kappa shape index (κ3) is 4.07. The van der Waals surface area contributed by atoms with E-state index in [4.69, 9.17) is 0 Å². The number of aliphatic hydroxyl groups excluding tert-OH is 4. The van der Waals surface area contributed by atoms with Crippen LogP contribution in [-0.2, 0) is 4.79 Å². The summed E-state index contributed by atoms with van der Waals surface area (Å²) in [6.07, 6.45) is 5.16. The number of carboxylic acid groups (broad SMARTS) is 1. The Bertz CT molecular complexity index is 727. The molecule has 0 saturated heterocycles. The SMILES string of the molecule is CC(C(=O)[O-])C(O)CC[C@@H](C)[C@H]1CC[C@H]2[C@@H]3[C@H](O)C[C@@H]4C[C@H](O)CC[C@]4(C)[C@H]3C[C@H](O)[C@]12C. The maximum absolute atomic E-state index is 11.6. The summed E-state index contributed by atoms with van der Waals surface area (Å²) in [5.41, 5.74) is -0.204. The molecule has 0 aromatic rings. The average molecular weight is 466 g/mol. The molecule has 0 aliphatic heterocycles. The van der Waals surface area contributed by atoms with Crippen LogP contribution in [0.3, 0.4) is 0 Å². The fourth-order valence-corrected chi connectivity index (χ4v) is 9.17. The van der Waals surface area contributed by atoms with Crippen molar-refractivity contribution >= 4 is 5.97 Å². The second-order valence-electron chi connectivity index (χ2n) is 12.8. The van der Waals surface area contributed by atoms with E-state index in [1.165, 1.54) is 6.92 Å². The molecule has 0 heterocycles. The third-order valence-corrected chi connectivity index (χ3v) is 11.4. The maximum Gasteiger partial charge on any atom is 0.0617 e. The van der Waals surface area contributed by atoms with Crippen molar-refractivity contribution in [3.05, 3.63) is 0 Å². The number of carbonyl (C=O) groups is 1. The largest absolute Gasteiger partial charge is 0.550 e. The van der Waals surface area contributed by atoms with Gasteiger partial charge < -0.3 is 30.3 Å². The van der Waals surface area contributed by atoms with E-state index >= 15 is 0 Å². The second kappa shape index (κ2) is 9.07. The van der Waals surface area contributed by atoms with E-state index in [1.54, 1.807) is 0 Å². The highest BCUT2D eigenvalue weighted by Crippen LogP contribution is 2.68. The molecule has 4 aliphatic rings. The summed E-state index contributed by atoms with van der Waals surface area (Å²) in [5, 5.41) is 54.6. The molecule has 6 nitrogen and oxygen atoms in total. The molecule has 190 valence electrons. The van der Waals surface area contributed by atoms with Gasteiger partial charge in [-0.15, -0.1) is 0 Å². The second-order valence-corrected chi connectivity index (χ2v) is 12.8. The van der Waals surface area contributed by atoms with Crippen molar-refractivity contribution in [3.8, 4) is 0 Å². The summed E-state index contributed by atoms with van der Waals surface area (Å²) in [7, 11) is 0. The molecule has 13 atom stereocenters. The van der Waals surface area contributed by atoms with Crippen LogP contribution in [0.15, 0.2) is 0 Å². The van der Waals surface area contributed by atoms with Crippen LogP contribution >= 0.6 is 0 Å². The fourth-order valence-electron chi connectivity index (χ4n) is 9.17. The van der Waals surface area contributed by atoms with Gasteiger partial charge in [-0.3, -0.25) is 0 Å². The minimum atomic E-state index is -1.22. The number of hydrogen-bond donors (Lipinski definition) is 4. The highest BCUT2D eigenvalue weighted by molar-refractivity contribution is 5.67. The third-order valence-electron chi connectivity index (χ3n) is 11.4. The lowest BCUT2D eigenvalue weighted by Crippen LogP contribution is -2.62. The zero-order chi connectivity index (χ0) is 24.3. The van der Waals surface area contributed by atoms with Gasteiger partial charge in [0.15, 0.2) is 0 Å². The van der Waals surface area contributed by atoms with Gasteiger partial charge in [0.1, 0.15) is 0 Å². The molecule has 0 aromatic carbocycles. The monoisotopic (exact) mass is 465 g/mol. The minimum absolute atomic E-state index is 0.0697. The number of aliphatic hydroxyl groups is 4. The van der Waals surface area contributed by atoms with Crippen molar-refractivity contribution in [1.82, 2.24) is 0 Å². The summed E-state index contributed by atoms with van der Waals surface area (Å²) < 4.78 is 0. The Kier molecular flexibility index (Phi) is 6.98. The molecule has 6 heteroatoms. The summed E-state index contributed by atoms with van der Waals surface area (Å²) in [4.78, 5) is 11.1. The Morgan fingerprint density at radius 1 is 1.00 bits per heavy atom. The van der Waals surface area contributed by atoms with Gasteiger partial charge in [0.05, 0.1) is 24.4 Å². The molecular formula is C27H45O6-. The van der Waals surface area contributed by atoms with Gasteiger partial charge in [-0.05, 0) is 104 Å². The first-order valence-electron chi connectivity index (χ1n) is 13.3. The number of hydrogen-bond acceptors (Lipinski definition) is 6. The molecule has 4 rings (SSSR count).